The van der Waals surface area contributed by atoms with Crippen molar-refractivity contribution < 1.29 is 19.2 Å². The summed E-state index contributed by atoms with van der Waals surface area (Å²) in [4.78, 5) is 24.8. The lowest BCUT2D eigenvalue weighted by Gasteiger charge is -2.27. The molecule has 1 heterocycles. The summed E-state index contributed by atoms with van der Waals surface area (Å²) in [6, 6.07) is 7.18. The maximum atomic E-state index is 11.8. The molecule has 2 rings (SSSR count). The first-order chi connectivity index (χ1) is 11.0. The van der Waals surface area contributed by atoms with Crippen LogP contribution in [0, 0.1) is 5.92 Å². The van der Waals surface area contributed by atoms with Crippen LogP contribution in [0.15, 0.2) is 28.7 Å². The topological polar surface area (TPSA) is 71.9 Å². The highest BCUT2D eigenvalue weighted by atomic mass is 79.9. The molecule has 23 heavy (non-hydrogen) atoms. The van der Waals surface area contributed by atoms with Crippen LogP contribution in [0.5, 0.6) is 5.75 Å². The Hall–Kier alpha value is -1.60. The van der Waals surface area contributed by atoms with Gasteiger partial charge in [-0.15, -0.1) is 0 Å². The van der Waals surface area contributed by atoms with Crippen LogP contribution >= 0.6 is 15.9 Å². The second-order valence-corrected chi connectivity index (χ2v) is 6.88. The van der Waals surface area contributed by atoms with E-state index in [9.17, 15) is 9.59 Å². The molecule has 126 valence electrons. The summed E-state index contributed by atoms with van der Waals surface area (Å²) < 4.78 is 6.27. The van der Waals surface area contributed by atoms with Crippen LogP contribution in [0.4, 0.5) is 0 Å². The van der Waals surface area contributed by atoms with E-state index in [1.54, 1.807) is 12.1 Å². The molecule has 1 aromatic rings. The largest absolute Gasteiger partial charge is 0.484 e. The van der Waals surface area contributed by atoms with Gasteiger partial charge in [-0.3, -0.25) is 20.4 Å². The number of quaternary nitrogens is 1. The number of hydrogen-bond donors (Lipinski definition) is 3. The minimum atomic E-state index is -0.386. The fraction of sp³-hybridized carbons (Fsp3) is 0.500. The molecule has 7 heteroatoms. The Labute approximate surface area is 144 Å². The molecule has 1 fully saturated rings. The zero-order valence-corrected chi connectivity index (χ0v) is 14.8. The van der Waals surface area contributed by atoms with E-state index in [0.717, 1.165) is 24.0 Å². The van der Waals surface area contributed by atoms with Gasteiger partial charge >= 0.3 is 0 Å². The van der Waals surface area contributed by atoms with Gasteiger partial charge in [0.2, 0.25) is 0 Å². The molecule has 0 aromatic heterocycles. The van der Waals surface area contributed by atoms with E-state index in [0.29, 0.717) is 18.2 Å². The molecule has 0 radical (unpaired) electrons. The van der Waals surface area contributed by atoms with Gasteiger partial charge in [0.05, 0.1) is 13.1 Å². The molecule has 0 spiro atoms. The van der Waals surface area contributed by atoms with Crippen LogP contribution in [0.3, 0.4) is 0 Å². The van der Waals surface area contributed by atoms with Gasteiger partial charge in [0.15, 0.2) is 13.2 Å². The molecule has 1 unspecified atom stereocenters. The molecule has 1 aliphatic heterocycles. The number of hydrogen-bond acceptors (Lipinski definition) is 3. The Bertz CT molecular complexity index is 536. The summed E-state index contributed by atoms with van der Waals surface area (Å²) >= 11 is 3.33. The highest BCUT2D eigenvalue weighted by molar-refractivity contribution is 9.10. The fourth-order valence-electron chi connectivity index (χ4n) is 2.68. The number of halogens is 1. The number of likely N-dealkylation sites (tertiary alicyclic amines) is 1. The second-order valence-electron chi connectivity index (χ2n) is 5.97. The molecular formula is C16H23BrN3O3+. The van der Waals surface area contributed by atoms with Crippen LogP contribution in [0.1, 0.15) is 19.8 Å². The lowest BCUT2D eigenvalue weighted by atomic mass is 10.0. The van der Waals surface area contributed by atoms with Gasteiger partial charge in [0.1, 0.15) is 5.75 Å². The Balaban J connectivity index is 1.63. The molecular weight excluding hydrogens is 362 g/mol. The monoisotopic (exact) mass is 384 g/mol. The van der Waals surface area contributed by atoms with Crippen molar-refractivity contribution in [1.29, 1.82) is 0 Å². The molecule has 2 amide bonds. The lowest BCUT2D eigenvalue weighted by Crippen LogP contribution is -3.14. The van der Waals surface area contributed by atoms with E-state index in [1.807, 2.05) is 12.1 Å². The zero-order chi connectivity index (χ0) is 16.7. The van der Waals surface area contributed by atoms with Gasteiger partial charge in [-0.2, -0.15) is 0 Å². The molecule has 1 aromatic carbocycles. The Morgan fingerprint density at radius 1 is 1.26 bits per heavy atom. The van der Waals surface area contributed by atoms with Crippen LogP contribution < -0.4 is 20.5 Å². The maximum absolute atomic E-state index is 11.8. The van der Waals surface area contributed by atoms with E-state index in [1.165, 1.54) is 11.3 Å². The Morgan fingerprint density at radius 2 is 1.96 bits per heavy atom. The zero-order valence-electron chi connectivity index (χ0n) is 13.2. The fourth-order valence-corrected chi connectivity index (χ4v) is 2.95. The summed E-state index contributed by atoms with van der Waals surface area (Å²) in [5.74, 6) is 0.691. The third-order valence-corrected chi connectivity index (χ3v) is 4.33. The summed E-state index contributed by atoms with van der Waals surface area (Å²) in [6.45, 7) is 4.47. The molecule has 0 aliphatic carbocycles. The number of rotatable bonds is 5. The first kappa shape index (κ1) is 17.7. The van der Waals surface area contributed by atoms with Crippen LogP contribution in [-0.2, 0) is 9.59 Å². The van der Waals surface area contributed by atoms with Crippen LogP contribution in [-0.4, -0.2) is 38.1 Å². The van der Waals surface area contributed by atoms with E-state index in [4.69, 9.17) is 4.74 Å². The average Bonchev–Trinajstić information content (AvgIpc) is 2.52. The molecule has 3 N–H and O–H groups in total. The number of piperidine rings is 1. The van der Waals surface area contributed by atoms with Gasteiger partial charge in [-0.05, 0) is 37.1 Å². The third kappa shape index (κ3) is 6.58. The number of hydrazine groups is 1. The number of carbonyl (C=O) groups is 2. The highest BCUT2D eigenvalue weighted by Gasteiger charge is 2.22. The average molecular weight is 385 g/mol. The van der Waals surface area contributed by atoms with Crippen molar-refractivity contribution in [2.24, 2.45) is 5.92 Å². The Morgan fingerprint density at radius 3 is 2.65 bits per heavy atom. The minimum absolute atomic E-state index is 0.143. The van der Waals surface area contributed by atoms with E-state index in [2.05, 4.69) is 33.7 Å². The van der Waals surface area contributed by atoms with Crippen molar-refractivity contribution in [1.82, 2.24) is 10.9 Å². The number of nitrogens with one attached hydrogen (secondary N) is 3. The van der Waals surface area contributed by atoms with Crippen LogP contribution in [0.25, 0.3) is 0 Å². The summed E-state index contributed by atoms with van der Waals surface area (Å²) in [5.41, 5.74) is 4.82. The first-order valence-corrected chi connectivity index (χ1v) is 8.62. The predicted molar refractivity (Wildman–Crippen MR) is 89.9 cm³/mol. The normalized spacial score (nSPS) is 20.6. The predicted octanol–water partition coefficient (Wildman–Crippen LogP) is 0.290. The van der Waals surface area contributed by atoms with E-state index >= 15 is 0 Å². The van der Waals surface area contributed by atoms with Gasteiger partial charge in [-0.1, -0.05) is 22.9 Å². The van der Waals surface area contributed by atoms with E-state index in [-0.39, 0.29) is 18.4 Å². The first-order valence-electron chi connectivity index (χ1n) is 7.82. The van der Waals surface area contributed by atoms with Gasteiger partial charge in [-0.25, -0.2) is 0 Å². The number of amides is 2. The maximum Gasteiger partial charge on any atom is 0.293 e. The molecule has 6 nitrogen and oxygen atoms in total. The molecule has 1 aliphatic rings. The van der Waals surface area contributed by atoms with Crippen molar-refractivity contribution in [2.75, 3.05) is 26.2 Å². The summed E-state index contributed by atoms with van der Waals surface area (Å²) in [7, 11) is 0. The van der Waals surface area contributed by atoms with Gasteiger partial charge in [0, 0.05) is 10.4 Å². The minimum Gasteiger partial charge on any atom is -0.484 e. The van der Waals surface area contributed by atoms with Crippen molar-refractivity contribution in [3.05, 3.63) is 28.7 Å². The Kier molecular flexibility index (Phi) is 6.85. The molecule has 1 saturated heterocycles. The summed E-state index contributed by atoms with van der Waals surface area (Å²) in [6.07, 6.45) is 2.38. The van der Waals surface area contributed by atoms with Crippen molar-refractivity contribution >= 4 is 27.7 Å². The van der Waals surface area contributed by atoms with Crippen molar-refractivity contribution in [2.45, 2.75) is 19.8 Å². The molecule has 2 atom stereocenters. The third-order valence-electron chi connectivity index (χ3n) is 3.80. The molecule has 0 bridgehead atoms. The standard InChI is InChI=1S/C16H22BrN3O3/c1-12-3-2-8-20(9-12)10-15(21)18-19-16(22)11-23-14-6-4-13(17)5-7-14/h4-7,12H,2-3,8-11H2,1H3,(H,18,21)(H,19,22)/p+1/t12-/m1/s1. The van der Waals surface area contributed by atoms with Gasteiger partial charge in [0.25, 0.3) is 11.8 Å². The highest BCUT2D eigenvalue weighted by Crippen LogP contribution is 2.15. The van der Waals surface area contributed by atoms with Crippen molar-refractivity contribution in [3.63, 3.8) is 0 Å². The molecule has 0 saturated carbocycles. The number of carbonyl (C=O) groups excluding carboxylic acids is 2. The lowest BCUT2D eigenvalue weighted by molar-refractivity contribution is -0.900. The summed E-state index contributed by atoms with van der Waals surface area (Å²) in [5, 5.41) is 0. The van der Waals surface area contributed by atoms with Crippen molar-refractivity contribution in [3.8, 4) is 5.75 Å². The quantitative estimate of drug-likeness (QED) is 0.639. The number of benzene rings is 1. The van der Waals surface area contributed by atoms with Gasteiger partial charge < -0.3 is 9.64 Å². The SMILES string of the molecule is C[C@@H]1CCC[NH+](CC(=O)NNC(=O)COc2ccc(Br)cc2)C1. The van der Waals surface area contributed by atoms with E-state index < -0.39 is 0 Å². The second kappa shape index (κ2) is 8.88. The number of ether oxygens (including phenoxy) is 1. The van der Waals surface area contributed by atoms with Crippen LogP contribution in [0.2, 0.25) is 0 Å². The smallest absolute Gasteiger partial charge is 0.293 e.